The highest BCUT2D eigenvalue weighted by molar-refractivity contribution is 5.67. The summed E-state index contributed by atoms with van der Waals surface area (Å²) in [6, 6.07) is 8.96. The average Bonchev–Trinajstić information content (AvgIpc) is 2.77. The molecule has 0 radical (unpaired) electrons. The lowest BCUT2D eigenvalue weighted by Gasteiger charge is -2.35. The number of carbonyl (C=O) groups is 1. The summed E-state index contributed by atoms with van der Waals surface area (Å²) in [5.74, 6) is 0.442. The molecule has 0 aromatic heterocycles. The lowest BCUT2D eigenvalue weighted by atomic mass is 9.82. The molecule has 0 saturated heterocycles. The normalized spacial score (nSPS) is 18.2. The first kappa shape index (κ1) is 25.6. The van der Waals surface area contributed by atoms with Crippen LogP contribution in [0.2, 0.25) is 0 Å². The number of aliphatic hydroxyl groups is 2. The van der Waals surface area contributed by atoms with Crippen LogP contribution in [-0.4, -0.2) is 54.1 Å². The van der Waals surface area contributed by atoms with Gasteiger partial charge in [0.2, 0.25) is 0 Å². The van der Waals surface area contributed by atoms with Crippen LogP contribution in [0.4, 0.5) is 4.79 Å². The van der Waals surface area contributed by atoms with Gasteiger partial charge in [0.25, 0.3) is 0 Å². The monoisotopic (exact) mass is 437 g/mol. The second-order valence-electron chi connectivity index (χ2n) is 9.03. The summed E-state index contributed by atoms with van der Waals surface area (Å²) in [5.41, 5.74) is 0.00898. The molecule has 1 aromatic rings. The molecule has 0 spiro atoms. The van der Waals surface area contributed by atoms with Crippen molar-refractivity contribution in [3.63, 3.8) is 0 Å². The molecule has 1 fully saturated rings. The molecule has 7 nitrogen and oxygen atoms in total. The molecule has 176 valence electrons. The molecule has 7 heteroatoms. The number of nitrogens with one attached hydrogen (secondary N) is 1. The van der Waals surface area contributed by atoms with E-state index in [0.29, 0.717) is 12.3 Å². The number of benzene rings is 1. The van der Waals surface area contributed by atoms with Crippen molar-refractivity contribution >= 4 is 6.09 Å². The molecular weight excluding hydrogens is 398 g/mol. The number of ether oxygens (including phenoxy) is 3. The molecule has 0 bridgehead atoms. The molecule has 3 N–H and O–H groups in total. The van der Waals surface area contributed by atoms with E-state index in [1.165, 1.54) is 26.4 Å². The summed E-state index contributed by atoms with van der Waals surface area (Å²) >= 11 is 0. The predicted molar refractivity (Wildman–Crippen MR) is 118 cm³/mol. The van der Waals surface area contributed by atoms with Crippen LogP contribution in [-0.2, 0) is 20.8 Å². The first-order valence-electron chi connectivity index (χ1n) is 11.3. The zero-order valence-corrected chi connectivity index (χ0v) is 19.1. The van der Waals surface area contributed by atoms with E-state index < -0.39 is 29.9 Å². The van der Waals surface area contributed by atoms with Gasteiger partial charge in [-0.15, -0.1) is 0 Å². The molecular formula is C24H39NO6. The standard InChI is InChI=1S/C24H39NO6/c1-24(2,31-17-29-3)22(27)15-21(26)20(14-18-10-6-4-7-11-18)25-23(28)30-16-19-12-8-5-9-13-19/h5,8-9,12-13,18,20-22,26-27H,4,6-7,10-11,14-17H2,1-3H3,(H,25,28)/t20-,21-,22-/m0/s1. The molecule has 1 aliphatic carbocycles. The smallest absolute Gasteiger partial charge is 0.407 e. The fraction of sp³-hybridized carbons (Fsp3) is 0.708. The fourth-order valence-electron chi connectivity index (χ4n) is 3.99. The van der Waals surface area contributed by atoms with E-state index in [4.69, 9.17) is 14.2 Å². The van der Waals surface area contributed by atoms with Crippen molar-refractivity contribution in [2.24, 2.45) is 5.92 Å². The number of carbonyl (C=O) groups excluding carboxylic acids is 1. The van der Waals surface area contributed by atoms with E-state index in [-0.39, 0.29) is 19.8 Å². The molecule has 3 atom stereocenters. The number of alkyl carbamates (subject to hydrolysis) is 1. The van der Waals surface area contributed by atoms with Crippen LogP contribution in [0.3, 0.4) is 0 Å². The number of rotatable bonds is 12. The Morgan fingerprint density at radius 1 is 1.16 bits per heavy atom. The van der Waals surface area contributed by atoms with Gasteiger partial charge in [-0.1, -0.05) is 62.4 Å². The van der Waals surface area contributed by atoms with Crippen molar-refractivity contribution in [1.82, 2.24) is 5.32 Å². The predicted octanol–water partition coefficient (Wildman–Crippen LogP) is 3.76. The summed E-state index contributed by atoms with van der Waals surface area (Å²) < 4.78 is 15.8. The third kappa shape index (κ3) is 9.15. The number of hydrogen-bond donors (Lipinski definition) is 3. The lowest BCUT2D eigenvalue weighted by molar-refractivity contribution is -0.166. The van der Waals surface area contributed by atoms with Crippen LogP contribution in [0.25, 0.3) is 0 Å². The highest BCUT2D eigenvalue weighted by Gasteiger charge is 2.34. The van der Waals surface area contributed by atoms with Gasteiger partial charge in [0.05, 0.1) is 23.9 Å². The van der Waals surface area contributed by atoms with E-state index in [1.54, 1.807) is 13.8 Å². The Hall–Kier alpha value is -1.67. The first-order valence-corrected chi connectivity index (χ1v) is 11.3. The zero-order chi connectivity index (χ0) is 22.7. The van der Waals surface area contributed by atoms with Crippen LogP contribution in [0.1, 0.15) is 64.4 Å². The molecule has 1 aliphatic rings. The maximum Gasteiger partial charge on any atom is 0.407 e. The summed E-state index contributed by atoms with van der Waals surface area (Å²) in [6.07, 6.45) is 4.09. The summed E-state index contributed by atoms with van der Waals surface area (Å²) in [7, 11) is 1.52. The number of hydrogen-bond acceptors (Lipinski definition) is 6. The minimum Gasteiger partial charge on any atom is -0.445 e. The highest BCUT2D eigenvalue weighted by atomic mass is 16.7. The van der Waals surface area contributed by atoms with Gasteiger partial charge < -0.3 is 29.7 Å². The van der Waals surface area contributed by atoms with E-state index >= 15 is 0 Å². The van der Waals surface area contributed by atoms with Gasteiger partial charge in [-0.3, -0.25) is 0 Å². The van der Waals surface area contributed by atoms with Gasteiger partial charge in [-0.2, -0.15) is 0 Å². The number of methoxy groups -OCH3 is 1. The van der Waals surface area contributed by atoms with Gasteiger partial charge in [0.15, 0.2) is 0 Å². The average molecular weight is 438 g/mol. The highest BCUT2D eigenvalue weighted by Crippen LogP contribution is 2.29. The number of amides is 1. The molecule has 0 aliphatic heterocycles. The lowest BCUT2D eigenvalue weighted by Crippen LogP contribution is -2.49. The topological polar surface area (TPSA) is 97.3 Å². The zero-order valence-electron chi connectivity index (χ0n) is 19.1. The van der Waals surface area contributed by atoms with Crippen molar-refractivity contribution in [2.45, 2.75) is 89.3 Å². The summed E-state index contributed by atoms with van der Waals surface area (Å²) in [6.45, 7) is 3.72. The van der Waals surface area contributed by atoms with E-state index in [9.17, 15) is 15.0 Å². The largest absolute Gasteiger partial charge is 0.445 e. The minimum atomic E-state index is -0.924. The van der Waals surface area contributed by atoms with Crippen LogP contribution in [0, 0.1) is 5.92 Å². The van der Waals surface area contributed by atoms with Crippen LogP contribution >= 0.6 is 0 Å². The first-order chi connectivity index (χ1) is 14.8. The van der Waals surface area contributed by atoms with Crippen LogP contribution in [0.15, 0.2) is 30.3 Å². The molecule has 0 heterocycles. The molecule has 1 saturated carbocycles. The van der Waals surface area contributed by atoms with E-state index in [1.807, 2.05) is 30.3 Å². The Labute approximate surface area is 186 Å². The van der Waals surface area contributed by atoms with Gasteiger partial charge in [0.1, 0.15) is 13.4 Å². The molecule has 1 aromatic carbocycles. The third-order valence-corrected chi connectivity index (χ3v) is 6.11. The molecule has 31 heavy (non-hydrogen) atoms. The van der Waals surface area contributed by atoms with Gasteiger partial charge in [-0.25, -0.2) is 4.79 Å². The van der Waals surface area contributed by atoms with E-state index in [0.717, 1.165) is 18.4 Å². The molecule has 1 amide bonds. The van der Waals surface area contributed by atoms with Crippen LogP contribution in [0.5, 0.6) is 0 Å². The Bertz CT molecular complexity index is 632. The molecule has 0 unspecified atom stereocenters. The molecule has 2 rings (SSSR count). The summed E-state index contributed by atoms with van der Waals surface area (Å²) in [4.78, 5) is 12.4. The van der Waals surface area contributed by atoms with Crippen molar-refractivity contribution in [3.8, 4) is 0 Å². The third-order valence-electron chi connectivity index (χ3n) is 6.11. The second kappa shape index (κ2) is 13.0. The fourth-order valence-corrected chi connectivity index (χ4v) is 3.99. The quantitative estimate of drug-likeness (QED) is 0.431. The maximum atomic E-state index is 12.4. The Morgan fingerprint density at radius 2 is 1.84 bits per heavy atom. The summed E-state index contributed by atoms with van der Waals surface area (Å²) in [5, 5.41) is 24.4. The Balaban J connectivity index is 1.96. The van der Waals surface area contributed by atoms with Crippen molar-refractivity contribution < 1.29 is 29.2 Å². The van der Waals surface area contributed by atoms with Gasteiger partial charge in [-0.05, 0) is 31.7 Å². The number of aliphatic hydroxyl groups excluding tert-OH is 2. The van der Waals surface area contributed by atoms with E-state index in [2.05, 4.69) is 5.32 Å². The van der Waals surface area contributed by atoms with Gasteiger partial charge >= 0.3 is 6.09 Å². The van der Waals surface area contributed by atoms with Gasteiger partial charge in [0, 0.05) is 13.5 Å². The van der Waals surface area contributed by atoms with Crippen LogP contribution < -0.4 is 5.32 Å². The minimum absolute atomic E-state index is 0.0513. The SMILES string of the molecule is COCOC(C)(C)[C@@H](O)C[C@H](O)[C@H](CC1CCCCC1)NC(=O)OCc1ccccc1. The Morgan fingerprint density at radius 3 is 2.48 bits per heavy atom. The van der Waals surface area contributed by atoms with Crippen molar-refractivity contribution in [1.29, 1.82) is 0 Å². The Kier molecular flexibility index (Phi) is 10.7. The second-order valence-corrected chi connectivity index (χ2v) is 9.03. The maximum absolute atomic E-state index is 12.4. The van der Waals surface area contributed by atoms with Crippen molar-refractivity contribution in [2.75, 3.05) is 13.9 Å². The van der Waals surface area contributed by atoms with Crippen molar-refractivity contribution in [3.05, 3.63) is 35.9 Å².